The molecule has 0 unspecified atom stereocenters. The number of amides is 1. The number of sulfone groups is 1. The lowest BCUT2D eigenvalue weighted by molar-refractivity contribution is -0.124. The van der Waals surface area contributed by atoms with Crippen LogP contribution in [0.25, 0.3) is 0 Å². The molecule has 2 atom stereocenters. The Kier molecular flexibility index (Phi) is 5.81. The molecule has 128 valence electrons. The van der Waals surface area contributed by atoms with Crippen LogP contribution >= 0.6 is 0 Å². The van der Waals surface area contributed by atoms with E-state index in [1.54, 1.807) is 6.92 Å². The average molecular weight is 338 g/mol. The first kappa shape index (κ1) is 17.9. The highest BCUT2D eigenvalue weighted by Crippen LogP contribution is 2.19. The lowest BCUT2D eigenvalue weighted by Gasteiger charge is -2.34. The Morgan fingerprint density at radius 3 is 2.57 bits per heavy atom. The van der Waals surface area contributed by atoms with Gasteiger partial charge in [0.1, 0.15) is 9.84 Å². The van der Waals surface area contributed by atoms with Gasteiger partial charge in [-0.1, -0.05) is 31.2 Å². The molecule has 0 saturated heterocycles. The molecule has 23 heavy (non-hydrogen) atoms. The summed E-state index contributed by atoms with van der Waals surface area (Å²) in [4.78, 5) is 14.4. The van der Waals surface area contributed by atoms with Crippen molar-refractivity contribution in [1.82, 2.24) is 10.2 Å². The predicted octanol–water partition coefficient (Wildman–Crippen LogP) is 1.23. The standard InChI is InChI=1S/C17H26N2O3S/c1-13(12-23(3,21)22)17(20)18-10-14(2)19-9-8-15-6-4-5-7-16(15)11-19/h4-7,13-14H,8-12H2,1-3H3,(H,18,20)/t13-,14-/m0/s1. The predicted molar refractivity (Wildman–Crippen MR) is 91.9 cm³/mol. The van der Waals surface area contributed by atoms with E-state index < -0.39 is 15.8 Å². The van der Waals surface area contributed by atoms with E-state index >= 15 is 0 Å². The maximum atomic E-state index is 12.0. The van der Waals surface area contributed by atoms with Gasteiger partial charge in [-0.3, -0.25) is 9.69 Å². The highest BCUT2D eigenvalue weighted by molar-refractivity contribution is 7.90. The molecule has 1 aliphatic heterocycles. The number of carbonyl (C=O) groups excluding carboxylic acids is 1. The van der Waals surface area contributed by atoms with Gasteiger partial charge in [-0.15, -0.1) is 0 Å². The molecular formula is C17H26N2O3S. The Bertz CT molecular complexity index is 658. The van der Waals surface area contributed by atoms with Gasteiger partial charge >= 0.3 is 0 Å². The second-order valence-corrected chi connectivity index (χ2v) is 8.76. The van der Waals surface area contributed by atoms with Crippen molar-refractivity contribution in [2.24, 2.45) is 5.92 Å². The summed E-state index contributed by atoms with van der Waals surface area (Å²) in [5, 5.41) is 2.88. The number of nitrogens with zero attached hydrogens (tertiary/aromatic N) is 1. The molecule has 2 rings (SSSR count). The maximum absolute atomic E-state index is 12.0. The first-order chi connectivity index (χ1) is 10.8. The Morgan fingerprint density at radius 2 is 1.91 bits per heavy atom. The van der Waals surface area contributed by atoms with Crippen LogP contribution in [0.3, 0.4) is 0 Å². The largest absolute Gasteiger partial charge is 0.354 e. The molecule has 0 radical (unpaired) electrons. The van der Waals surface area contributed by atoms with Crippen LogP contribution in [0, 0.1) is 5.92 Å². The van der Waals surface area contributed by atoms with Crippen LogP contribution in [0.4, 0.5) is 0 Å². The molecule has 1 aromatic rings. The quantitative estimate of drug-likeness (QED) is 0.847. The summed E-state index contributed by atoms with van der Waals surface area (Å²) in [6, 6.07) is 8.67. The Labute approximate surface area is 139 Å². The zero-order valence-corrected chi connectivity index (χ0v) is 14.9. The molecule has 1 aliphatic rings. The van der Waals surface area contributed by atoms with Crippen LogP contribution < -0.4 is 5.32 Å². The second kappa shape index (κ2) is 7.45. The Hall–Kier alpha value is -1.40. The van der Waals surface area contributed by atoms with Crippen molar-refractivity contribution in [3.63, 3.8) is 0 Å². The Balaban J connectivity index is 1.84. The third-order valence-corrected chi connectivity index (χ3v) is 5.46. The molecule has 0 spiro atoms. The molecule has 1 heterocycles. The molecular weight excluding hydrogens is 312 g/mol. The van der Waals surface area contributed by atoms with Crippen molar-refractivity contribution in [2.75, 3.05) is 25.1 Å². The van der Waals surface area contributed by atoms with E-state index in [9.17, 15) is 13.2 Å². The molecule has 5 nitrogen and oxygen atoms in total. The molecule has 0 bridgehead atoms. The van der Waals surface area contributed by atoms with Crippen LogP contribution in [0.5, 0.6) is 0 Å². The third kappa shape index (κ3) is 5.32. The first-order valence-corrected chi connectivity index (χ1v) is 10.1. The van der Waals surface area contributed by atoms with Gasteiger partial charge in [-0.2, -0.15) is 0 Å². The third-order valence-electron chi connectivity index (χ3n) is 4.36. The highest BCUT2D eigenvalue weighted by Gasteiger charge is 2.22. The minimum atomic E-state index is -3.13. The lowest BCUT2D eigenvalue weighted by Crippen LogP contribution is -2.45. The number of rotatable bonds is 6. The first-order valence-electron chi connectivity index (χ1n) is 8.02. The van der Waals surface area contributed by atoms with Gasteiger partial charge in [0.05, 0.1) is 5.75 Å². The number of carbonyl (C=O) groups is 1. The summed E-state index contributed by atoms with van der Waals surface area (Å²) in [5.74, 6) is -0.816. The zero-order valence-electron chi connectivity index (χ0n) is 14.1. The molecule has 1 N–H and O–H groups in total. The summed E-state index contributed by atoms with van der Waals surface area (Å²) in [6.07, 6.45) is 2.18. The van der Waals surface area contributed by atoms with Crippen molar-refractivity contribution in [2.45, 2.75) is 32.9 Å². The van der Waals surface area contributed by atoms with Crippen LogP contribution in [-0.4, -0.2) is 50.4 Å². The maximum Gasteiger partial charge on any atom is 0.223 e. The van der Waals surface area contributed by atoms with E-state index in [1.807, 2.05) is 0 Å². The van der Waals surface area contributed by atoms with Crippen LogP contribution in [0.2, 0.25) is 0 Å². The number of nitrogens with one attached hydrogen (secondary N) is 1. The number of benzene rings is 1. The van der Waals surface area contributed by atoms with E-state index in [2.05, 4.69) is 41.4 Å². The van der Waals surface area contributed by atoms with Crippen LogP contribution in [0.1, 0.15) is 25.0 Å². The fraction of sp³-hybridized carbons (Fsp3) is 0.588. The molecule has 0 saturated carbocycles. The van der Waals surface area contributed by atoms with Gasteiger partial charge in [0.25, 0.3) is 0 Å². The number of fused-ring (bicyclic) bond motifs is 1. The van der Waals surface area contributed by atoms with E-state index in [-0.39, 0.29) is 17.7 Å². The van der Waals surface area contributed by atoms with E-state index in [0.717, 1.165) is 25.8 Å². The summed E-state index contributed by atoms with van der Waals surface area (Å²) in [5.41, 5.74) is 2.75. The fourth-order valence-corrected chi connectivity index (χ4v) is 4.03. The fourth-order valence-electron chi connectivity index (χ4n) is 2.98. The monoisotopic (exact) mass is 338 g/mol. The van der Waals surface area contributed by atoms with E-state index in [1.165, 1.54) is 11.1 Å². The molecule has 6 heteroatoms. The van der Waals surface area contributed by atoms with Gasteiger partial charge in [-0.25, -0.2) is 8.42 Å². The number of hydrogen-bond acceptors (Lipinski definition) is 4. The van der Waals surface area contributed by atoms with E-state index in [4.69, 9.17) is 0 Å². The minimum absolute atomic E-state index is 0.107. The molecule has 1 amide bonds. The minimum Gasteiger partial charge on any atom is -0.354 e. The van der Waals surface area contributed by atoms with Gasteiger partial charge < -0.3 is 5.32 Å². The van der Waals surface area contributed by atoms with E-state index in [0.29, 0.717) is 6.54 Å². The topological polar surface area (TPSA) is 66.5 Å². The summed E-state index contributed by atoms with van der Waals surface area (Å²) >= 11 is 0. The summed E-state index contributed by atoms with van der Waals surface area (Å²) in [6.45, 7) is 6.15. The van der Waals surface area contributed by atoms with Gasteiger partial charge in [0.2, 0.25) is 5.91 Å². The molecule has 0 aromatic heterocycles. The molecule has 0 fully saturated rings. The van der Waals surface area contributed by atoms with Crippen LogP contribution in [-0.2, 0) is 27.6 Å². The van der Waals surface area contributed by atoms with Crippen molar-refractivity contribution < 1.29 is 13.2 Å². The normalized spacial score (nSPS) is 18.0. The smallest absolute Gasteiger partial charge is 0.223 e. The number of hydrogen-bond donors (Lipinski definition) is 1. The Morgan fingerprint density at radius 1 is 1.26 bits per heavy atom. The second-order valence-electron chi connectivity index (χ2n) is 6.58. The van der Waals surface area contributed by atoms with Crippen molar-refractivity contribution in [3.8, 4) is 0 Å². The van der Waals surface area contributed by atoms with Crippen molar-refractivity contribution >= 4 is 15.7 Å². The van der Waals surface area contributed by atoms with Gasteiger partial charge in [-0.05, 0) is 24.5 Å². The van der Waals surface area contributed by atoms with Gasteiger partial charge in [0.15, 0.2) is 0 Å². The summed E-state index contributed by atoms with van der Waals surface area (Å²) < 4.78 is 22.5. The lowest BCUT2D eigenvalue weighted by atomic mass is 9.99. The summed E-state index contributed by atoms with van der Waals surface area (Å²) in [7, 11) is -3.13. The van der Waals surface area contributed by atoms with Crippen molar-refractivity contribution in [1.29, 1.82) is 0 Å². The van der Waals surface area contributed by atoms with Gasteiger partial charge in [0, 0.05) is 37.8 Å². The zero-order chi connectivity index (χ0) is 17.0. The average Bonchev–Trinajstić information content (AvgIpc) is 2.50. The SMILES string of the molecule is C[C@@H](CS(C)(=O)=O)C(=O)NC[C@H](C)N1CCc2ccccc2C1. The molecule has 0 aliphatic carbocycles. The van der Waals surface area contributed by atoms with Crippen LogP contribution in [0.15, 0.2) is 24.3 Å². The highest BCUT2D eigenvalue weighted by atomic mass is 32.2. The molecule has 1 aromatic carbocycles. The van der Waals surface area contributed by atoms with Crippen molar-refractivity contribution in [3.05, 3.63) is 35.4 Å².